The first kappa shape index (κ1) is 19.3. The minimum atomic E-state index is -0.0807. The highest BCUT2D eigenvalue weighted by atomic mass is 32.1. The molecule has 0 spiro atoms. The van der Waals surface area contributed by atoms with Gasteiger partial charge < -0.3 is 9.64 Å². The lowest BCUT2D eigenvalue weighted by atomic mass is 10.3. The van der Waals surface area contributed by atoms with Gasteiger partial charge in [0.25, 0.3) is 5.91 Å². The Kier molecular flexibility index (Phi) is 5.76. The van der Waals surface area contributed by atoms with Crippen molar-refractivity contribution in [2.75, 3.05) is 39.2 Å². The lowest BCUT2D eigenvalue weighted by molar-refractivity contribution is 0.0977. The smallest absolute Gasteiger partial charge is 0.278 e. The normalized spacial score (nSPS) is 11.3. The molecule has 0 saturated heterocycles. The number of benzene rings is 1. The number of amides is 1. The van der Waals surface area contributed by atoms with E-state index in [-0.39, 0.29) is 5.91 Å². The molecule has 0 N–H and O–H groups in total. The number of carbonyl (C=O) groups excluding carboxylic acids is 1. The summed E-state index contributed by atoms with van der Waals surface area (Å²) < 4.78 is 7.93. The summed E-state index contributed by atoms with van der Waals surface area (Å²) in [4.78, 5) is 21.8. The Morgan fingerprint density at radius 3 is 2.67 bits per heavy atom. The van der Waals surface area contributed by atoms with Gasteiger partial charge in [0.1, 0.15) is 11.4 Å². The molecule has 3 rings (SSSR count). The highest BCUT2D eigenvalue weighted by Crippen LogP contribution is 2.32. The number of aromatic nitrogens is 3. The molecule has 2 heterocycles. The van der Waals surface area contributed by atoms with Crippen LogP contribution in [-0.4, -0.2) is 59.9 Å². The topological polar surface area (TPSA) is 63.5 Å². The number of aryl methyl sites for hydroxylation is 2. The predicted octanol–water partition coefficient (Wildman–Crippen LogP) is 2.95. The van der Waals surface area contributed by atoms with Gasteiger partial charge >= 0.3 is 0 Å². The van der Waals surface area contributed by atoms with Crippen molar-refractivity contribution in [3.8, 4) is 5.75 Å². The maximum Gasteiger partial charge on any atom is 0.278 e. The third kappa shape index (κ3) is 4.28. The fourth-order valence-electron chi connectivity index (χ4n) is 2.91. The van der Waals surface area contributed by atoms with Gasteiger partial charge in [0, 0.05) is 13.6 Å². The first-order valence-corrected chi connectivity index (χ1v) is 9.62. The summed E-state index contributed by atoms with van der Waals surface area (Å²) in [6.07, 6.45) is 0.856. The van der Waals surface area contributed by atoms with Crippen LogP contribution in [0.1, 0.15) is 22.6 Å². The SMILES string of the molecule is COc1ccc2nc(N(CCCN(C)C)C(=O)c3cc(C)nn3C)sc2c1. The predicted molar refractivity (Wildman–Crippen MR) is 109 cm³/mol. The van der Waals surface area contributed by atoms with Crippen molar-refractivity contribution >= 4 is 32.6 Å². The Balaban J connectivity index is 1.95. The standard InChI is InChI=1S/C19H25N5O2S/c1-13-11-16(23(4)21-13)18(25)24(10-6-9-22(2)3)19-20-15-8-7-14(26-5)12-17(15)27-19/h7-8,11-12H,6,9-10H2,1-5H3. The molecule has 0 radical (unpaired) electrons. The van der Waals surface area contributed by atoms with Crippen molar-refractivity contribution in [1.82, 2.24) is 19.7 Å². The number of anilines is 1. The van der Waals surface area contributed by atoms with E-state index in [1.807, 2.05) is 45.3 Å². The van der Waals surface area contributed by atoms with Crippen LogP contribution in [0.15, 0.2) is 24.3 Å². The quantitative estimate of drug-likeness (QED) is 0.624. The summed E-state index contributed by atoms with van der Waals surface area (Å²) >= 11 is 1.50. The van der Waals surface area contributed by atoms with Crippen LogP contribution in [0.4, 0.5) is 5.13 Å². The lowest BCUT2D eigenvalue weighted by Crippen LogP contribution is -2.34. The highest BCUT2D eigenvalue weighted by Gasteiger charge is 2.24. The molecule has 0 saturated carbocycles. The van der Waals surface area contributed by atoms with E-state index in [1.165, 1.54) is 11.3 Å². The molecule has 0 atom stereocenters. The summed E-state index contributed by atoms with van der Waals surface area (Å²) in [7, 11) is 7.49. The number of rotatable bonds is 7. The van der Waals surface area contributed by atoms with Crippen LogP contribution < -0.4 is 9.64 Å². The number of thiazole rings is 1. The third-order valence-electron chi connectivity index (χ3n) is 4.27. The van der Waals surface area contributed by atoms with Crippen LogP contribution in [0.25, 0.3) is 10.2 Å². The van der Waals surface area contributed by atoms with E-state index in [4.69, 9.17) is 9.72 Å². The number of ether oxygens (including phenoxy) is 1. The number of hydrogen-bond acceptors (Lipinski definition) is 6. The fraction of sp³-hybridized carbons (Fsp3) is 0.421. The second-order valence-electron chi connectivity index (χ2n) is 6.74. The van der Waals surface area contributed by atoms with Gasteiger partial charge in [-0.25, -0.2) is 4.98 Å². The number of nitrogens with zero attached hydrogens (tertiary/aromatic N) is 5. The zero-order chi connectivity index (χ0) is 19.6. The Labute approximate surface area is 163 Å². The molecule has 1 aromatic carbocycles. The van der Waals surface area contributed by atoms with Crippen LogP contribution in [0, 0.1) is 6.92 Å². The van der Waals surface area contributed by atoms with E-state index in [0.29, 0.717) is 17.4 Å². The number of methoxy groups -OCH3 is 1. The summed E-state index contributed by atoms with van der Waals surface area (Å²) in [6.45, 7) is 3.38. The van der Waals surface area contributed by atoms with Crippen molar-refractivity contribution in [2.24, 2.45) is 7.05 Å². The molecule has 3 aromatic rings. The number of carbonyl (C=O) groups is 1. The average molecular weight is 388 g/mol. The van der Waals surface area contributed by atoms with E-state index in [0.717, 1.165) is 34.6 Å². The van der Waals surface area contributed by atoms with Crippen LogP contribution in [0.3, 0.4) is 0 Å². The maximum absolute atomic E-state index is 13.2. The molecular weight excluding hydrogens is 362 g/mol. The molecule has 2 aromatic heterocycles. The molecule has 0 aliphatic rings. The van der Waals surface area contributed by atoms with Gasteiger partial charge in [0.15, 0.2) is 5.13 Å². The van der Waals surface area contributed by atoms with Gasteiger partial charge in [0.05, 0.1) is 23.0 Å². The average Bonchev–Trinajstić information content (AvgIpc) is 3.19. The van der Waals surface area contributed by atoms with Crippen molar-refractivity contribution in [1.29, 1.82) is 0 Å². The Morgan fingerprint density at radius 1 is 1.26 bits per heavy atom. The van der Waals surface area contributed by atoms with Gasteiger partial charge in [-0.15, -0.1) is 0 Å². The summed E-state index contributed by atoms with van der Waals surface area (Å²) in [6, 6.07) is 7.57. The third-order valence-corrected chi connectivity index (χ3v) is 5.31. The van der Waals surface area contributed by atoms with Crippen molar-refractivity contribution < 1.29 is 9.53 Å². The molecule has 27 heavy (non-hydrogen) atoms. The highest BCUT2D eigenvalue weighted by molar-refractivity contribution is 7.22. The molecular formula is C19H25N5O2S. The summed E-state index contributed by atoms with van der Waals surface area (Å²) in [5.74, 6) is 0.702. The molecule has 8 heteroatoms. The van der Waals surface area contributed by atoms with Crippen molar-refractivity contribution in [2.45, 2.75) is 13.3 Å². The molecule has 0 bridgehead atoms. The second kappa shape index (κ2) is 8.06. The molecule has 0 aliphatic heterocycles. The largest absolute Gasteiger partial charge is 0.497 e. The minimum Gasteiger partial charge on any atom is -0.497 e. The maximum atomic E-state index is 13.2. The molecule has 1 amide bonds. The van der Waals surface area contributed by atoms with Crippen molar-refractivity contribution in [3.63, 3.8) is 0 Å². The second-order valence-corrected chi connectivity index (χ2v) is 7.75. The Hall–Kier alpha value is -2.45. The van der Waals surface area contributed by atoms with Crippen LogP contribution in [0.2, 0.25) is 0 Å². The molecule has 0 unspecified atom stereocenters. The van der Waals surface area contributed by atoms with Gasteiger partial charge in [-0.1, -0.05) is 11.3 Å². The lowest BCUT2D eigenvalue weighted by Gasteiger charge is -2.20. The van der Waals surface area contributed by atoms with E-state index in [1.54, 1.807) is 23.7 Å². The molecule has 7 nitrogen and oxygen atoms in total. The molecule has 144 valence electrons. The zero-order valence-electron chi connectivity index (χ0n) is 16.4. The fourth-order valence-corrected chi connectivity index (χ4v) is 3.93. The van der Waals surface area contributed by atoms with Crippen LogP contribution in [0.5, 0.6) is 5.75 Å². The zero-order valence-corrected chi connectivity index (χ0v) is 17.2. The number of fused-ring (bicyclic) bond motifs is 1. The van der Waals surface area contributed by atoms with Crippen LogP contribution >= 0.6 is 11.3 Å². The Morgan fingerprint density at radius 2 is 2.04 bits per heavy atom. The first-order chi connectivity index (χ1) is 12.9. The van der Waals surface area contributed by atoms with Gasteiger partial charge in [-0.3, -0.25) is 14.4 Å². The van der Waals surface area contributed by atoms with E-state index in [2.05, 4.69) is 10.00 Å². The summed E-state index contributed by atoms with van der Waals surface area (Å²) in [5.41, 5.74) is 2.25. The monoisotopic (exact) mass is 387 g/mol. The van der Waals surface area contributed by atoms with Gasteiger partial charge in [-0.2, -0.15) is 5.10 Å². The van der Waals surface area contributed by atoms with Crippen LogP contribution in [-0.2, 0) is 7.05 Å². The van der Waals surface area contributed by atoms with E-state index < -0.39 is 0 Å². The van der Waals surface area contributed by atoms with Gasteiger partial charge in [-0.05, 0) is 58.3 Å². The minimum absolute atomic E-state index is 0.0807. The number of hydrogen-bond donors (Lipinski definition) is 0. The van der Waals surface area contributed by atoms with Crippen molar-refractivity contribution in [3.05, 3.63) is 35.7 Å². The molecule has 0 aliphatic carbocycles. The van der Waals surface area contributed by atoms with Gasteiger partial charge in [0.2, 0.25) is 0 Å². The molecule has 0 fully saturated rings. The summed E-state index contributed by atoms with van der Waals surface area (Å²) in [5, 5.41) is 5.00. The van der Waals surface area contributed by atoms with E-state index >= 15 is 0 Å². The van der Waals surface area contributed by atoms with E-state index in [9.17, 15) is 4.79 Å². The Bertz CT molecular complexity index is 947. The first-order valence-electron chi connectivity index (χ1n) is 8.81.